The first kappa shape index (κ1) is 17.5. The van der Waals surface area contributed by atoms with Crippen molar-refractivity contribution >= 4 is 12.0 Å². The molecular weight excluding hydrogens is 306 g/mol. The molecule has 0 aromatic carbocycles. The number of nitrogens with one attached hydrogen (secondary N) is 1. The average Bonchev–Trinajstić information content (AvgIpc) is 2.86. The van der Waals surface area contributed by atoms with Gasteiger partial charge in [0.25, 0.3) is 0 Å². The minimum absolute atomic E-state index is 0.129. The van der Waals surface area contributed by atoms with Crippen LogP contribution in [-0.4, -0.2) is 66.7 Å². The molecule has 0 bridgehead atoms. The summed E-state index contributed by atoms with van der Waals surface area (Å²) in [4.78, 5) is 28.3. The molecule has 3 rings (SSSR count). The zero-order chi connectivity index (χ0) is 17.4. The van der Waals surface area contributed by atoms with Gasteiger partial charge in [-0.15, -0.1) is 0 Å². The zero-order valence-electron chi connectivity index (χ0n) is 15.3. The summed E-state index contributed by atoms with van der Waals surface area (Å²) < 4.78 is 5.38. The van der Waals surface area contributed by atoms with Crippen molar-refractivity contribution in [3.63, 3.8) is 0 Å². The Morgan fingerprint density at radius 3 is 2.38 bits per heavy atom. The van der Waals surface area contributed by atoms with Gasteiger partial charge in [0.15, 0.2) is 0 Å². The van der Waals surface area contributed by atoms with Crippen LogP contribution in [0.1, 0.15) is 46.5 Å². The van der Waals surface area contributed by atoms with Crippen LogP contribution in [0.4, 0.5) is 4.79 Å². The van der Waals surface area contributed by atoms with E-state index < -0.39 is 5.60 Å². The zero-order valence-corrected chi connectivity index (χ0v) is 15.3. The fourth-order valence-corrected chi connectivity index (χ4v) is 4.14. The van der Waals surface area contributed by atoms with Crippen LogP contribution in [0.5, 0.6) is 0 Å². The van der Waals surface area contributed by atoms with Crippen LogP contribution in [0.2, 0.25) is 0 Å². The summed E-state index contributed by atoms with van der Waals surface area (Å²) >= 11 is 0. The molecule has 0 aromatic heterocycles. The molecule has 0 aromatic rings. The molecule has 6 nitrogen and oxygen atoms in total. The second-order valence-corrected chi connectivity index (χ2v) is 8.78. The van der Waals surface area contributed by atoms with Gasteiger partial charge in [0.2, 0.25) is 5.91 Å². The Morgan fingerprint density at radius 1 is 1.17 bits per heavy atom. The molecule has 2 heterocycles. The van der Waals surface area contributed by atoms with Crippen LogP contribution in [-0.2, 0) is 9.53 Å². The number of carbonyl (C=O) groups is 2. The van der Waals surface area contributed by atoms with E-state index >= 15 is 0 Å². The number of hydrogen-bond donors (Lipinski definition) is 1. The quantitative estimate of drug-likeness (QED) is 0.850. The highest BCUT2D eigenvalue weighted by Gasteiger charge is 2.56. The number of nitrogens with zero attached hydrogens (tertiary/aromatic N) is 2. The van der Waals surface area contributed by atoms with E-state index in [9.17, 15) is 9.59 Å². The summed E-state index contributed by atoms with van der Waals surface area (Å²) in [6.45, 7) is 11.2. The summed E-state index contributed by atoms with van der Waals surface area (Å²) in [5.41, 5.74) is -0.273. The maximum absolute atomic E-state index is 12.2. The van der Waals surface area contributed by atoms with Crippen molar-refractivity contribution in [2.24, 2.45) is 11.3 Å². The van der Waals surface area contributed by atoms with Crippen molar-refractivity contribution in [1.82, 2.24) is 15.1 Å². The molecule has 1 N–H and O–H groups in total. The van der Waals surface area contributed by atoms with Crippen molar-refractivity contribution in [3.05, 3.63) is 0 Å². The lowest BCUT2D eigenvalue weighted by atomic mass is 9.57. The van der Waals surface area contributed by atoms with Gasteiger partial charge in [-0.25, -0.2) is 4.79 Å². The van der Waals surface area contributed by atoms with Crippen molar-refractivity contribution in [2.75, 3.05) is 39.3 Å². The lowest BCUT2D eigenvalue weighted by Crippen LogP contribution is -2.65. The van der Waals surface area contributed by atoms with E-state index in [1.165, 1.54) is 25.9 Å². The Bertz CT molecular complexity index is 480. The molecule has 2 aliphatic heterocycles. The van der Waals surface area contributed by atoms with Gasteiger partial charge in [0.1, 0.15) is 5.60 Å². The van der Waals surface area contributed by atoms with E-state index in [-0.39, 0.29) is 23.3 Å². The summed E-state index contributed by atoms with van der Waals surface area (Å²) in [6.07, 6.45) is 4.15. The SMILES string of the molecule is CC(C)(C)OC(=O)N1CC2(CC(C(=O)NCCN3CCCC3)C2)C1. The third-order valence-corrected chi connectivity index (χ3v) is 5.36. The largest absolute Gasteiger partial charge is 0.444 e. The van der Waals surface area contributed by atoms with Crippen molar-refractivity contribution in [2.45, 2.75) is 52.1 Å². The van der Waals surface area contributed by atoms with Crippen LogP contribution in [0.15, 0.2) is 0 Å². The minimum Gasteiger partial charge on any atom is -0.444 e. The standard InChI is InChI=1S/C18H31N3O3/c1-17(2,3)24-16(23)21-12-18(13-21)10-14(11-18)15(22)19-6-9-20-7-4-5-8-20/h14H,4-13H2,1-3H3,(H,19,22). The Kier molecular flexibility index (Phi) is 4.78. The molecule has 24 heavy (non-hydrogen) atoms. The Labute approximate surface area is 144 Å². The van der Waals surface area contributed by atoms with Gasteiger partial charge in [0.05, 0.1) is 0 Å². The lowest BCUT2D eigenvalue weighted by molar-refractivity contribution is -0.142. The molecule has 1 aliphatic carbocycles. The maximum Gasteiger partial charge on any atom is 0.410 e. The van der Waals surface area contributed by atoms with E-state index in [0.717, 1.165) is 39.0 Å². The van der Waals surface area contributed by atoms with Crippen LogP contribution in [0, 0.1) is 11.3 Å². The van der Waals surface area contributed by atoms with Crippen LogP contribution >= 0.6 is 0 Å². The van der Waals surface area contributed by atoms with Crippen molar-refractivity contribution in [3.8, 4) is 0 Å². The molecule has 0 atom stereocenters. The Hall–Kier alpha value is -1.30. The first-order chi connectivity index (χ1) is 11.3. The fraction of sp³-hybridized carbons (Fsp3) is 0.889. The van der Waals surface area contributed by atoms with E-state index in [1.54, 1.807) is 4.90 Å². The van der Waals surface area contributed by atoms with Gasteiger partial charge in [-0.1, -0.05) is 0 Å². The number of amides is 2. The molecule has 3 fully saturated rings. The number of rotatable bonds is 4. The first-order valence-electron chi connectivity index (χ1n) is 9.24. The monoisotopic (exact) mass is 337 g/mol. The Balaban J connectivity index is 1.31. The minimum atomic E-state index is -0.447. The molecule has 0 unspecified atom stereocenters. The lowest BCUT2D eigenvalue weighted by Gasteiger charge is -2.58. The smallest absolute Gasteiger partial charge is 0.410 e. The summed E-state index contributed by atoms with van der Waals surface area (Å²) in [5.74, 6) is 0.319. The van der Waals surface area contributed by atoms with Gasteiger partial charge in [-0.3, -0.25) is 4.79 Å². The molecule has 6 heteroatoms. The van der Waals surface area contributed by atoms with Gasteiger partial charge in [0, 0.05) is 37.5 Å². The highest BCUT2D eigenvalue weighted by Crippen LogP contribution is 2.52. The fourth-order valence-electron chi connectivity index (χ4n) is 4.14. The highest BCUT2D eigenvalue weighted by atomic mass is 16.6. The first-order valence-corrected chi connectivity index (χ1v) is 9.24. The second kappa shape index (κ2) is 6.54. The van der Waals surface area contributed by atoms with Gasteiger partial charge in [-0.05, 0) is 59.5 Å². The van der Waals surface area contributed by atoms with E-state index in [4.69, 9.17) is 4.74 Å². The van der Waals surface area contributed by atoms with Crippen LogP contribution in [0.25, 0.3) is 0 Å². The van der Waals surface area contributed by atoms with E-state index in [2.05, 4.69) is 10.2 Å². The molecule has 3 aliphatic rings. The van der Waals surface area contributed by atoms with Crippen LogP contribution < -0.4 is 5.32 Å². The normalized spacial score (nSPS) is 23.7. The van der Waals surface area contributed by atoms with Gasteiger partial charge >= 0.3 is 6.09 Å². The Morgan fingerprint density at radius 2 is 1.79 bits per heavy atom. The molecule has 2 amide bonds. The van der Waals surface area contributed by atoms with Gasteiger partial charge < -0.3 is 19.9 Å². The van der Waals surface area contributed by atoms with E-state index in [0.29, 0.717) is 0 Å². The third-order valence-electron chi connectivity index (χ3n) is 5.36. The predicted molar refractivity (Wildman–Crippen MR) is 91.6 cm³/mol. The van der Waals surface area contributed by atoms with Gasteiger partial charge in [-0.2, -0.15) is 0 Å². The van der Waals surface area contributed by atoms with Crippen molar-refractivity contribution in [1.29, 1.82) is 0 Å². The molecule has 2 saturated heterocycles. The van der Waals surface area contributed by atoms with Crippen LogP contribution in [0.3, 0.4) is 0 Å². The number of carbonyl (C=O) groups excluding carboxylic acids is 2. The van der Waals surface area contributed by atoms with Crippen molar-refractivity contribution < 1.29 is 14.3 Å². The number of ether oxygens (including phenoxy) is 1. The number of likely N-dealkylation sites (tertiary alicyclic amines) is 2. The predicted octanol–water partition coefficient (Wildman–Crippen LogP) is 1.85. The second-order valence-electron chi connectivity index (χ2n) is 8.78. The molecule has 0 radical (unpaired) electrons. The summed E-state index contributed by atoms with van der Waals surface area (Å²) in [6, 6.07) is 0. The summed E-state index contributed by atoms with van der Waals surface area (Å²) in [5, 5.41) is 3.08. The number of hydrogen-bond acceptors (Lipinski definition) is 4. The summed E-state index contributed by atoms with van der Waals surface area (Å²) in [7, 11) is 0. The maximum atomic E-state index is 12.2. The van der Waals surface area contributed by atoms with E-state index in [1.807, 2.05) is 20.8 Å². The molecule has 1 spiro atoms. The average molecular weight is 337 g/mol. The topological polar surface area (TPSA) is 61.9 Å². The highest BCUT2D eigenvalue weighted by molar-refractivity contribution is 5.80. The molecular formula is C18H31N3O3. The third kappa shape index (κ3) is 4.02. The molecule has 1 saturated carbocycles. The molecule has 136 valence electrons.